The molecule has 0 unspecified atom stereocenters. The lowest BCUT2D eigenvalue weighted by atomic mass is 10.1. The zero-order valence-electron chi connectivity index (χ0n) is 17.8. The molecule has 0 atom stereocenters. The first-order valence-electron chi connectivity index (χ1n) is 10.0. The number of fused-ring (bicyclic) bond motifs is 1. The van der Waals surface area contributed by atoms with Gasteiger partial charge in [-0.25, -0.2) is 4.79 Å². The monoisotopic (exact) mass is 481 g/mol. The van der Waals surface area contributed by atoms with Crippen molar-refractivity contribution in [2.24, 2.45) is 0 Å². The molecule has 0 spiro atoms. The van der Waals surface area contributed by atoms with Crippen molar-refractivity contribution in [3.8, 4) is 0 Å². The Labute approximate surface area is 199 Å². The predicted octanol–water partition coefficient (Wildman–Crippen LogP) is 3.05. The van der Waals surface area contributed by atoms with E-state index in [1.54, 1.807) is 36.4 Å². The summed E-state index contributed by atoms with van der Waals surface area (Å²) in [7, 11) is 1.29. The third-order valence-electron chi connectivity index (χ3n) is 5.21. The van der Waals surface area contributed by atoms with Crippen LogP contribution in [0.5, 0.6) is 0 Å². The number of amides is 3. The molecule has 0 saturated carbocycles. The van der Waals surface area contributed by atoms with Gasteiger partial charge < -0.3 is 10.1 Å². The maximum Gasteiger partial charge on any atom is 0.337 e. The average Bonchev–Trinajstić information content (AvgIpc) is 3.25. The molecular weight excluding hydrogens is 462 g/mol. The van der Waals surface area contributed by atoms with Gasteiger partial charge >= 0.3 is 5.97 Å². The Hall–Kier alpha value is -3.50. The normalized spacial score (nSPS) is 17.5. The Bertz CT molecular complexity index is 1220. The van der Waals surface area contributed by atoms with E-state index in [9.17, 15) is 19.2 Å². The topological polar surface area (TPSA) is 96.0 Å². The Kier molecular flexibility index (Phi) is 6.30. The van der Waals surface area contributed by atoms with E-state index >= 15 is 0 Å². The first kappa shape index (κ1) is 22.7. The molecule has 33 heavy (non-hydrogen) atoms. The molecule has 3 amide bonds. The molecule has 1 saturated heterocycles. The summed E-state index contributed by atoms with van der Waals surface area (Å²) in [6.07, 6.45) is 0. The highest BCUT2D eigenvalue weighted by molar-refractivity contribution is 8.26. The molecule has 4 rings (SSSR count). The Morgan fingerprint density at radius 3 is 2.36 bits per heavy atom. The largest absolute Gasteiger partial charge is 0.465 e. The van der Waals surface area contributed by atoms with Crippen molar-refractivity contribution in [3.63, 3.8) is 0 Å². The van der Waals surface area contributed by atoms with Crippen molar-refractivity contribution in [3.05, 3.63) is 64.6 Å². The summed E-state index contributed by atoms with van der Waals surface area (Å²) in [5.74, 6) is -1.63. The summed E-state index contributed by atoms with van der Waals surface area (Å²) < 4.78 is 5.06. The number of thioether (sulfide) groups is 1. The fraction of sp³-hybridized carbons (Fsp3) is 0.174. The number of hydrogen-bond donors (Lipinski definition) is 1. The molecule has 0 radical (unpaired) electrons. The lowest BCUT2D eigenvalue weighted by molar-refractivity contribution is -0.122. The van der Waals surface area contributed by atoms with Crippen LogP contribution in [0.3, 0.4) is 0 Å². The van der Waals surface area contributed by atoms with Gasteiger partial charge in [0, 0.05) is 17.8 Å². The van der Waals surface area contributed by atoms with Crippen LogP contribution in [0.2, 0.25) is 0 Å². The summed E-state index contributed by atoms with van der Waals surface area (Å²) >= 11 is 6.39. The Morgan fingerprint density at radius 2 is 1.73 bits per heavy atom. The van der Waals surface area contributed by atoms with Crippen LogP contribution >= 0.6 is 24.0 Å². The standard InChI is InChI=1S/C23H19N3O5S2/c1-3-25-21(29)19(33-23(25)32)18-15-6-4-5-7-16(15)26(20(18)28)12-17(27)24-14-10-8-13(9-11-14)22(30)31-2/h4-11H,3,12H2,1-2H3,(H,24,27)/b19-18+. The minimum absolute atomic E-state index is 0.244. The number of hydrogen-bond acceptors (Lipinski definition) is 7. The highest BCUT2D eigenvalue weighted by Crippen LogP contribution is 2.44. The molecule has 168 valence electrons. The SMILES string of the molecule is CCN1C(=O)/C(=C2\C(=O)N(CC(=O)Nc3ccc(C(=O)OC)cc3)c3ccccc32)SC1=S. The molecule has 1 fully saturated rings. The summed E-state index contributed by atoms with van der Waals surface area (Å²) in [5, 5.41) is 2.72. The molecule has 2 aromatic carbocycles. The molecule has 10 heteroatoms. The van der Waals surface area contributed by atoms with Gasteiger partial charge in [-0.2, -0.15) is 0 Å². The number of likely N-dealkylation sites (N-methyl/N-ethyl adjacent to an activating group) is 1. The van der Waals surface area contributed by atoms with Crippen LogP contribution < -0.4 is 10.2 Å². The third-order valence-corrected chi connectivity index (χ3v) is 6.66. The minimum Gasteiger partial charge on any atom is -0.465 e. The average molecular weight is 482 g/mol. The number of benzene rings is 2. The van der Waals surface area contributed by atoms with E-state index in [-0.39, 0.29) is 22.9 Å². The lowest BCUT2D eigenvalue weighted by Gasteiger charge is -2.17. The van der Waals surface area contributed by atoms with Crippen LogP contribution in [0.4, 0.5) is 11.4 Å². The van der Waals surface area contributed by atoms with Crippen LogP contribution in [-0.4, -0.2) is 53.1 Å². The second-order valence-corrected chi connectivity index (χ2v) is 8.79. The van der Waals surface area contributed by atoms with E-state index in [4.69, 9.17) is 12.2 Å². The van der Waals surface area contributed by atoms with Crippen molar-refractivity contribution in [2.45, 2.75) is 6.92 Å². The Morgan fingerprint density at radius 1 is 1.03 bits per heavy atom. The number of ether oxygens (including phenoxy) is 1. The zero-order chi connectivity index (χ0) is 23.7. The van der Waals surface area contributed by atoms with Crippen molar-refractivity contribution in [2.75, 3.05) is 30.4 Å². The van der Waals surface area contributed by atoms with E-state index in [1.165, 1.54) is 29.0 Å². The number of nitrogens with one attached hydrogen (secondary N) is 1. The number of para-hydroxylation sites is 1. The number of carbonyl (C=O) groups is 4. The number of nitrogens with zero attached hydrogens (tertiary/aromatic N) is 2. The van der Waals surface area contributed by atoms with Crippen LogP contribution in [0.25, 0.3) is 5.57 Å². The zero-order valence-corrected chi connectivity index (χ0v) is 19.4. The number of anilines is 2. The number of rotatable bonds is 5. The Balaban J connectivity index is 1.58. The maximum absolute atomic E-state index is 13.3. The second kappa shape index (κ2) is 9.16. The maximum atomic E-state index is 13.3. The first-order valence-corrected chi connectivity index (χ1v) is 11.3. The predicted molar refractivity (Wildman–Crippen MR) is 130 cm³/mol. The van der Waals surface area contributed by atoms with Gasteiger partial charge in [0.25, 0.3) is 11.8 Å². The minimum atomic E-state index is -0.479. The smallest absolute Gasteiger partial charge is 0.337 e. The number of esters is 1. The van der Waals surface area contributed by atoms with Gasteiger partial charge in [0.1, 0.15) is 10.9 Å². The van der Waals surface area contributed by atoms with E-state index in [0.29, 0.717) is 33.4 Å². The highest BCUT2D eigenvalue weighted by Gasteiger charge is 2.41. The summed E-state index contributed by atoms with van der Waals surface area (Å²) in [6.45, 7) is 1.99. The van der Waals surface area contributed by atoms with Crippen LogP contribution in [-0.2, 0) is 19.1 Å². The fourth-order valence-electron chi connectivity index (χ4n) is 3.63. The van der Waals surface area contributed by atoms with E-state index < -0.39 is 17.8 Å². The number of methoxy groups -OCH3 is 1. The quantitative estimate of drug-likeness (QED) is 0.398. The third kappa shape index (κ3) is 4.14. The van der Waals surface area contributed by atoms with Crippen LogP contribution in [0.15, 0.2) is 53.4 Å². The molecule has 8 nitrogen and oxygen atoms in total. The lowest BCUT2D eigenvalue weighted by Crippen LogP contribution is -2.35. The second-order valence-electron chi connectivity index (χ2n) is 7.15. The molecule has 0 aliphatic carbocycles. The molecule has 0 aromatic heterocycles. The van der Waals surface area contributed by atoms with Crippen molar-refractivity contribution in [1.29, 1.82) is 0 Å². The molecular formula is C23H19N3O5S2. The molecule has 2 heterocycles. The molecule has 2 aliphatic rings. The van der Waals surface area contributed by atoms with Crippen molar-refractivity contribution >= 4 is 68.9 Å². The molecule has 1 N–H and O–H groups in total. The van der Waals surface area contributed by atoms with Crippen molar-refractivity contribution in [1.82, 2.24) is 4.90 Å². The summed E-state index contributed by atoms with van der Waals surface area (Å²) in [5.41, 5.74) is 2.23. The van der Waals surface area contributed by atoms with Gasteiger partial charge in [-0.05, 0) is 37.3 Å². The van der Waals surface area contributed by atoms with Gasteiger partial charge in [0.2, 0.25) is 5.91 Å². The summed E-state index contributed by atoms with van der Waals surface area (Å²) in [6, 6.07) is 13.2. The van der Waals surface area contributed by atoms with Crippen molar-refractivity contribution < 1.29 is 23.9 Å². The van der Waals surface area contributed by atoms with Gasteiger partial charge in [-0.1, -0.05) is 42.2 Å². The van der Waals surface area contributed by atoms with Gasteiger partial charge in [0.15, 0.2) is 0 Å². The van der Waals surface area contributed by atoms with E-state index in [0.717, 1.165) is 11.8 Å². The van der Waals surface area contributed by atoms with E-state index in [1.807, 2.05) is 6.92 Å². The van der Waals surface area contributed by atoms with Gasteiger partial charge in [-0.3, -0.25) is 24.2 Å². The molecule has 2 aliphatic heterocycles. The van der Waals surface area contributed by atoms with Crippen LogP contribution in [0, 0.1) is 0 Å². The molecule has 0 bridgehead atoms. The van der Waals surface area contributed by atoms with Gasteiger partial charge in [-0.15, -0.1) is 0 Å². The highest BCUT2D eigenvalue weighted by atomic mass is 32.2. The fourth-order valence-corrected chi connectivity index (χ4v) is 5.09. The first-order chi connectivity index (χ1) is 15.8. The summed E-state index contributed by atoms with van der Waals surface area (Å²) in [4.78, 5) is 53.5. The van der Waals surface area contributed by atoms with E-state index in [2.05, 4.69) is 10.1 Å². The van der Waals surface area contributed by atoms with Crippen LogP contribution in [0.1, 0.15) is 22.8 Å². The number of carbonyl (C=O) groups excluding carboxylic acids is 4. The van der Waals surface area contributed by atoms with Gasteiger partial charge in [0.05, 0.1) is 28.8 Å². The number of thiocarbonyl (C=S) groups is 1. The molecule has 2 aromatic rings.